The van der Waals surface area contributed by atoms with Crippen LogP contribution < -0.4 is 0 Å². The zero-order chi connectivity index (χ0) is 10.7. The summed E-state index contributed by atoms with van der Waals surface area (Å²) in [6.45, 7) is 6.04. The molecule has 1 aromatic heterocycles. The third kappa shape index (κ3) is 2.02. The monoisotopic (exact) mass is 190 g/mol. The van der Waals surface area contributed by atoms with Crippen molar-refractivity contribution < 1.29 is 4.79 Å². The molecule has 0 unspecified atom stereocenters. The number of nitriles is 1. The van der Waals surface area contributed by atoms with Crippen LogP contribution in [0, 0.1) is 25.2 Å². The molecular formula is C11H14N2O. The van der Waals surface area contributed by atoms with Crippen LogP contribution in [0.25, 0.3) is 0 Å². The summed E-state index contributed by atoms with van der Waals surface area (Å²) in [5, 5.41) is 8.92. The summed E-state index contributed by atoms with van der Waals surface area (Å²) in [5.41, 5.74) is 2.69. The molecule has 0 aliphatic heterocycles. The second-order valence-corrected chi connectivity index (χ2v) is 3.53. The van der Waals surface area contributed by atoms with Gasteiger partial charge in [0.05, 0.1) is 0 Å². The molecule has 0 radical (unpaired) electrons. The van der Waals surface area contributed by atoms with Crippen LogP contribution in [-0.2, 0) is 11.3 Å². The lowest BCUT2D eigenvalue weighted by molar-refractivity contribution is -0.117. The summed E-state index contributed by atoms with van der Waals surface area (Å²) in [6.07, 6.45) is 0.490. The Bertz CT molecular complexity index is 396. The van der Waals surface area contributed by atoms with Gasteiger partial charge in [0.2, 0.25) is 0 Å². The minimum atomic E-state index is 0.152. The van der Waals surface area contributed by atoms with E-state index in [4.69, 9.17) is 5.26 Å². The van der Waals surface area contributed by atoms with Gasteiger partial charge in [0.1, 0.15) is 17.5 Å². The van der Waals surface area contributed by atoms with Gasteiger partial charge >= 0.3 is 0 Å². The molecule has 14 heavy (non-hydrogen) atoms. The van der Waals surface area contributed by atoms with E-state index in [9.17, 15) is 4.79 Å². The first-order valence-electron chi connectivity index (χ1n) is 4.62. The van der Waals surface area contributed by atoms with E-state index in [1.54, 1.807) is 6.92 Å². The van der Waals surface area contributed by atoms with Crippen molar-refractivity contribution in [3.8, 4) is 6.07 Å². The molecule has 74 valence electrons. The zero-order valence-corrected chi connectivity index (χ0v) is 8.79. The largest absolute Gasteiger partial charge is 0.336 e. The molecule has 1 rings (SSSR count). The molecule has 0 fully saturated rings. The van der Waals surface area contributed by atoms with Crippen LogP contribution in [0.15, 0.2) is 6.07 Å². The van der Waals surface area contributed by atoms with Crippen LogP contribution in [0.4, 0.5) is 0 Å². The summed E-state index contributed by atoms with van der Waals surface area (Å²) in [4.78, 5) is 10.8. The van der Waals surface area contributed by atoms with Crippen LogP contribution >= 0.6 is 0 Å². The topological polar surface area (TPSA) is 45.8 Å². The highest BCUT2D eigenvalue weighted by Gasteiger charge is 2.09. The molecule has 0 spiro atoms. The number of aryl methyl sites for hydroxylation is 2. The fraction of sp³-hybridized carbons (Fsp3) is 0.455. The number of aromatic nitrogens is 1. The average molecular weight is 190 g/mol. The van der Waals surface area contributed by atoms with Gasteiger partial charge in [-0.05, 0) is 32.4 Å². The second kappa shape index (κ2) is 4.10. The molecule has 0 aliphatic carbocycles. The van der Waals surface area contributed by atoms with Crippen molar-refractivity contribution >= 4 is 5.78 Å². The Labute approximate surface area is 84.0 Å². The van der Waals surface area contributed by atoms with E-state index in [-0.39, 0.29) is 5.78 Å². The summed E-state index contributed by atoms with van der Waals surface area (Å²) < 4.78 is 1.90. The Morgan fingerprint density at radius 3 is 2.71 bits per heavy atom. The summed E-state index contributed by atoms with van der Waals surface area (Å²) in [5.74, 6) is 0.152. The van der Waals surface area contributed by atoms with Crippen LogP contribution in [-0.4, -0.2) is 10.4 Å². The van der Waals surface area contributed by atoms with Gasteiger partial charge in [-0.1, -0.05) is 0 Å². The first-order chi connectivity index (χ1) is 6.56. The number of Topliss-reactive ketones (excluding diaryl/α,β-unsaturated/α-hetero) is 1. The highest BCUT2D eigenvalue weighted by atomic mass is 16.1. The molecule has 0 atom stereocenters. The fourth-order valence-electron chi connectivity index (χ4n) is 1.55. The minimum absolute atomic E-state index is 0.152. The Kier molecular flexibility index (Phi) is 3.08. The molecule has 0 amide bonds. The maximum Gasteiger partial charge on any atom is 0.131 e. The molecular weight excluding hydrogens is 176 g/mol. The zero-order valence-electron chi connectivity index (χ0n) is 8.79. The molecule has 3 heteroatoms. The van der Waals surface area contributed by atoms with Crippen molar-refractivity contribution in [2.75, 3.05) is 0 Å². The summed E-state index contributed by atoms with van der Waals surface area (Å²) in [6, 6.07) is 4.13. The third-order valence-corrected chi connectivity index (χ3v) is 2.29. The Hall–Kier alpha value is -1.56. The highest BCUT2D eigenvalue weighted by Crippen LogP contribution is 2.14. The van der Waals surface area contributed by atoms with E-state index in [2.05, 4.69) is 6.07 Å². The number of carbonyl (C=O) groups excluding carboxylic acids is 1. The van der Waals surface area contributed by atoms with E-state index in [1.807, 2.05) is 24.5 Å². The number of ketones is 1. The Morgan fingerprint density at radius 2 is 2.21 bits per heavy atom. The maximum absolute atomic E-state index is 10.8. The minimum Gasteiger partial charge on any atom is -0.336 e. The fourth-order valence-corrected chi connectivity index (χ4v) is 1.55. The number of carbonyl (C=O) groups is 1. The number of hydrogen-bond donors (Lipinski definition) is 0. The predicted molar refractivity (Wildman–Crippen MR) is 53.9 cm³/mol. The van der Waals surface area contributed by atoms with E-state index in [0.29, 0.717) is 18.7 Å². The van der Waals surface area contributed by atoms with Gasteiger partial charge in [-0.25, -0.2) is 0 Å². The molecule has 0 N–H and O–H groups in total. The Balaban J connectivity index is 2.96. The van der Waals surface area contributed by atoms with Crippen LogP contribution in [0.2, 0.25) is 0 Å². The summed E-state index contributed by atoms with van der Waals surface area (Å²) in [7, 11) is 0. The van der Waals surface area contributed by atoms with Gasteiger partial charge < -0.3 is 4.57 Å². The first-order valence-corrected chi connectivity index (χ1v) is 4.62. The van der Waals surface area contributed by atoms with E-state index in [0.717, 1.165) is 11.3 Å². The van der Waals surface area contributed by atoms with Crippen molar-refractivity contribution in [3.05, 3.63) is 23.0 Å². The predicted octanol–water partition coefficient (Wildman–Crippen LogP) is 1.96. The SMILES string of the molecule is CC(=O)CCn1c(C)cc(C)c1C#N. The van der Waals surface area contributed by atoms with Gasteiger partial charge in [-0.15, -0.1) is 0 Å². The van der Waals surface area contributed by atoms with Crippen LogP contribution in [0.3, 0.4) is 0 Å². The van der Waals surface area contributed by atoms with E-state index >= 15 is 0 Å². The number of rotatable bonds is 3. The molecule has 1 heterocycles. The lowest BCUT2D eigenvalue weighted by atomic mass is 10.3. The number of nitrogens with zero attached hydrogens (tertiary/aromatic N) is 2. The van der Waals surface area contributed by atoms with E-state index < -0.39 is 0 Å². The first kappa shape index (κ1) is 10.5. The van der Waals surface area contributed by atoms with Gasteiger partial charge in [0.15, 0.2) is 0 Å². The molecule has 0 aliphatic rings. The van der Waals surface area contributed by atoms with Gasteiger partial charge in [-0.3, -0.25) is 4.79 Å². The quantitative estimate of drug-likeness (QED) is 0.731. The van der Waals surface area contributed by atoms with Crippen molar-refractivity contribution in [3.63, 3.8) is 0 Å². The van der Waals surface area contributed by atoms with E-state index in [1.165, 1.54) is 0 Å². The van der Waals surface area contributed by atoms with Crippen molar-refractivity contribution in [2.45, 2.75) is 33.7 Å². The Morgan fingerprint density at radius 1 is 1.57 bits per heavy atom. The van der Waals surface area contributed by atoms with Gasteiger partial charge in [-0.2, -0.15) is 5.26 Å². The maximum atomic E-state index is 10.8. The average Bonchev–Trinajstić information content (AvgIpc) is 2.36. The number of hydrogen-bond acceptors (Lipinski definition) is 2. The van der Waals surface area contributed by atoms with Gasteiger partial charge in [0.25, 0.3) is 0 Å². The molecule has 0 bridgehead atoms. The van der Waals surface area contributed by atoms with Crippen molar-refractivity contribution in [2.24, 2.45) is 0 Å². The van der Waals surface area contributed by atoms with Crippen LogP contribution in [0.1, 0.15) is 30.3 Å². The lowest BCUT2D eigenvalue weighted by Crippen LogP contribution is -2.06. The molecule has 3 nitrogen and oxygen atoms in total. The normalized spacial score (nSPS) is 9.86. The highest BCUT2D eigenvalue weighted by molar-refractivity contribution is 5.75. The standard InChI is InChI=1S/C11H14N2O/c1-8-6-9(2)13(11(8)7-12)5-4-10(3)14/h6H,4-5H2,1-3H3. The third-order valence-electron chi connectivity index (χ3n) is 2.29. The molecule has 0 aromatic carbocycles. The molecule has 0 saturated heterocycles. The van der Waals surface area contributed by atoms with Gasteiger partial charge in [0, 0.05) is 18.7 Å². The van der Waals surface area contributed by atoms with Crippen molar-refractivity contribution in [1.82, 2.24) is 4.57 Å². The smallest absolute Gasteiger partial charge is 0.131 e. The lowest BCUT2D eigenvalue weighted by Gasteiger charge is -2.05. The summed E-state index contributed by atoms with van der Waals surface area (Å²) >= 11 is 0. The molecule has 0 saturated carbocycles. The second-order valence-electron chi connectivity index (χ2n) is 3.53. The van der Waals surface area contributed by atoms with Crippen molar-refractivity contribution in [1.29, 1.82) is 5.26 Å². The molecule has 1 aromatic rings. The van der Waals surface area contributed by atoms with Crippen LogP contribution in [0.5, 0.6) is 0 Å².